The van der Waals surface area contributed by atoms with Crippen LogP contribution in [0.5, 0.6) is 5.88 Å². The lowest BCUT2D eigenvalue weighted by molar-refractivity contribution is -0.384. The average molecular weight is 283 g/mol. The monoisotopic (exact) mass is 283 g/mol. The summed E-state index contributed by atoms with van der Waals surface area (Å²) in [5.74, 6) is 0.570. The van der Waals surface area contributed by atoms with E-state index in [4.69, 9.17) is 9.47 Å². The minimum atomic E-state index is -0.466. The van der Waals surface area contributed by atoms with Gasteiger partial charge < -0.3 is 14.8 Å². The number of nitro groups is 1. The fourth-order valence-electron chi connectivity index (χ4n) is 1.55. The topological polar surface area (TPSA) is 86.5 Å². The third-order valence-corrected chi connectivity index (χ3v) is 2.65. The van der Waals surface area contributed by atoms with E-state index in [2.05, 4.69) is 17.2 Å². The molecular weight excluding hydrogens is 262 g/mol. The van der Waals surface area contributed by atoms with Crippen LogP contribution in [0.25, 0.3) is 0 Å². The lowest BCUT2D eigenvalue weighted by Gasteiger charge is -2.08. The van der Waals surface area contributed by atoms with Gasteiger partial charge in [-0.1, -0.05) is 13.3 Å². The molecule has 0 saturated carbocycles. The van der Waals surface area contributed by atoms with Crippen LogP contribution in [0, 0.1) is 10.1 Å². The molecule has 0 spiro atoms. The van der Waals surface area contributed by atoms with Gasteiger partial charge in [-0.2, -0.15) is 4.98 Å². The van der Waals surface area contributed by atoms with Crippen LogP contribution in [-0.2, 0) is 4.74 Å². The molecule has 0 radical (unpaired) electrons. The van der Waals surface area contributed by atoms with E-state index in [9.17, 15) is 10.1 Å². The van der Waals surface area contributed by atoms with E-state index in [0.717, 1.165) is 25.9 Å². The first-order valence-corrected chi connectivity index (χ1v) is 6.70. The van der Waals surface area contributed by atoms with Crippen molar-refractivity contribution in [2.24, 2.45) is 0 Å². The third-order valence-electron chi connectivity index (χ3n) is 2.65. The smallest absolute Gasteiger partial charge is 0.311 e. The molecular formula is C13H21N3O4. The molecule has 20 heavy (non-hydrogen) atoms. The van der Waals surface area contributed by atoms with Crippen LogP contribution >= 0.6 is 0 Å². The average Bonchev–Trinajstić information content (AvgIpc) is 2.45. The molecule has 0 aliphatic heterocycles. The molecule has 0 aromatic carbocycles. The molecule has 0 bridgehead atoms. The predicted octanol–water partition coefficient (Wildman–Crippen LogP) is 2.62. The number of hydrogen-bond acceptors (Lipinski definition) is 6. The molecule has 1 N–H and O–H groups in total. The van der Waals surface area contributed by atoms with Gasteiger partial charge in [0.2, 0.25) is 11.7 Å². The van der Waals surface area contributed by atoms with Crippen LogP contribution in [0.15, 0.2) is 12.1 Å². The number of pyridine rings is 1. The summed E-state index contributed by atoms with van der Waals surface area (Å²) in [5.41, 5.74) is -0.0577. The molecule has 1 aromatic rings. The number of nitrogens with one attached hydrogen (secondary N) is 1. The first-order valence-electron chi connectivity index (χ1n) is 6.70. The molecule has 7 nitrogen and oxygen atoms in total. The zero-order valence-electron chi connectivity index (χ0n) is 11.9. The summed E-state index contributed by atoms with van der Waals surface area (Å²) in [6.45, 7) is 4.06. The lowest BCUT2D eigenvalue weighted by atomic mass is 10.3. The van der Waals surface area contributed by atoms with Gasteiger partial charge in [0.15, 0.2) is 0 Å². The normalized spacial score (nSPS) is 10.3. The largest absolute Gasteiger partial charge is 0.481 e. The zero-order valence-corrected chi connectivity index (χ0v) is 11.9. The van der Waals surface area contributed by atoms with Gasteiger partial charge in [-0.15, -0.1) is 0 Å². The van der Waals surface area contributed by atoms with Crippen LogP contribution in [-0.4, -0.2) is 36.8 Å². The van der Waals surface area contributed by atoms with Gasteiger partial charge in [0.05, 0.1) is 12.0 Å². The van der Waals surface area contributed by atoms with Crippen molar-refractivity contribution >= 4 is 11.5 Å². The SMILES string of the molecule is CCCCOCCCNc1nc(OC)ccc1[N+](=O)[O-]. The maximum Gasteiger partial charge on any atom is 0.311 e. The minimum Gasteiger partial charge on any atom is -0.481 e. The van der Waals surface area contributed by atoms with E-state index < -0.39 is 4.92 Å². The van der Waals surface area contributed by atoms with E-state index in [-0.39, 0.29) is 11.5 Å². The fraction of sp³-hybridized carbons (Fsp3) is 0.615. The van der Waals surface area contributed by atoms with Gasteiger partial charge in [0.1, 0.15) is 0 Å². The maximum absolute atomic E-state index is 10.9. The van der Waals surface area contributed by atoms with Crippen LogP contribution in [0.3, 0.4) is 0 Å². The number of rotatable bonds is 10. The first-order chi connectivity index (χ1) is 9.69. The summed E-state index contributed by atoms with van der Waals surface area (Å²) in [7, 11) is 1.47. The van der Waals surface area contributed by atoms with Crippen molar-refractivity contribution in [2.45, 2.75) is 26.2 Å². The highest BCUT2D eigenvalue weighted by Crippen LogP contribution is 2.24. The summed E-state index contributed by atoms with van der Waals surface area (Å²) in [6.07, 6.45) is 2.92. The Kier molecular flexibility index (Phi) is 7.34. The van der Waals surface area contributed by atoms with Crippen LogP contribution in [0.4, 0.5) is 11.5 Å². The number of hydrogen-bond donors (Lipinski definition) is 1. The van der Waals surface area contributed by atoms with Crippen LogP contribution in [0.2, 0.25) is 0 Å². The number of ether oxygens (including phenoxy) is 2. The van der Waals surface area contributed by atoms with Gasteiger partial charge in [-0.05, 0) is 12.8 Å². The quantitative estimate of drug-likeness (QED) is 0.403. The number of anilines is 1. The Labute approximate surface area is 118 Å². The third kappa shape index (κ3) is 5.40. The fourth-order valence-corrected chi connectivity index (χ4v) is 1.55. The second kappa shape index (κ2) is 9.08. The molecule has 0 atom stereocenters. The summed E-state index contributed by atoms with van der Waals surface area (Å²) in [5, 5.41) is 13.8. The second-order valence-corrected chi connectivity index (χ2v) is 4.22. The molecule has 0 aliphatic rings. The Morgan fingerprint density at radius 3 is 2.75 bits per heavy atom. The lowest BCUT2D eigenvalue weighted by Crippen LogP contribution is -2.09. The van der Waals surface area contributed by atoms with Crippen molar-refractivity contribution in [3.63, 3.8) is 0 Å². The van der Waals surface area contributed by atoms with Gasteiger partial charge >= 0.3 is 5.69 Å². The predicted molar refractivity (Wildman–Crippen MR) is 76.3 cm³/mol. The Balaban J connectivity index is 2.43. The van der Waals surface area contributed by atoms with Crippen LogP contribution in [0.1, 0.15) is 26.2 Å². The molecule has 1 rings (SSSR count). The van der Waals surface area contributed by atoms with E-state index in [1.807, 2.05) is 0 Å². The number of nitrogens with zero attached hydrogens (tertiary/aromatic N) is 2. The molecule has 1 heterocycles. The Morgan fingerprint density at radius 2 is 2.10 bits per heavy atom. The van der Waals surface area contributed by atoms with Crippen molar-refractivity contribution in [3.8, 4) is 5.88 Å². The highest BCUT2D eigenvalue weighted by molar-refractivity contribution is 5.56. The Bertz CT molecular complexity index is 426. The molecule has 112 valence electrons. The number of unbranched alkanes of at least 4 members (excludes halogenated alkanes) is 1. The summed E-state index contributed by atoms with van der Waals surface area (Å²) < 4.78 is 10.4. The minimum absolute atomic E-state index is 0.0577. The Morgan fingerprint density at radius 1 is 1.35 bits per heavy atom. The molecule has 0 fully saturated rings. The molecule has 0 amide bonds. The maximum atomic E-state index is 10.9. The standard InChI is InChI=1S/C13H21N3O4/c1-3-4-9-20-10-5-8-14-13-11(16(17)18)6-7-12(15-13)19-2/h6-7H,3-5,8-10H2,1-2H3,(H,14,15). The van der Waals surface area contributed by atoms with E-state index in [1.54, 1.807) is 0 Å². The zero-order chi connectivity index (χ0) is 14.8. The molecule has 0 aliphatic carbocycles. The highest BCUT2D eigenvalue weighted by atomic mass is 16.6. The van der Waals surface area contributed by atoms with E-state index >= 15 is 0 Å². The van der Waals surface area contributed by atoms with Gasteiger partial charge in [0.25, 0.3) is 0 Å². The summed E-state index contributed by atoms with van der Waals surface area (Å²) in [4.78, 5) is 14.5. The van der Waals surface area contributed by atoms with Gasteiger partial charge in [-0.3, -0.25) is 10.1 Å². The molecule has 1 aromatic heterocycles. The van der Waals surface area contributed by atoms with Gasteiger partial charge in [0, 0.05) is 31.9 Å². The summed E-state index contributed by atoms with van der Waals surface area (Å²) in [6, 6.07) is 2.85. The van der Waals surface area contributed by atoms with E-state index in [1.165, 1.54) is 19.2 Å². The molecule has 7 heteroatoms. The van der Waals surface area contributed by atoms with Crippen molar-refractivity contribution in [2.75, 3.05) is 32.2 Å². The molecule has 0 unspecified atom stereocenters. The summed E-state index contributed by atoms with van der Waals surface area (Å²) >= 11 is 0. The van der Waals surface area contributed by atoms with Crippen molar-refractivity contribution in [1.29, 1.82) is 0 Å². The van der Waals surface area contributed by atoms with Crippen molar-refractivity contribution in [1.82, 2.24) is 4.98 Å². The Hall–Kier alpha value is -1.89. The van der Waals surface area contributed by atoms with Crippen molar-refractivity contribution in [3.05, 3.63) is 22.2 Å². The first kappa shape index (κ1) is 16.2. The second-order valence-electron chi connectivity index (χ2n) is 4.22. The van der Waals surface area contributed by atoms with Crippen molar-refractivity contribution < 1.29 is 14.4 Å². The molecule has 0 saturated heterocycles. The van der Waals surface area contributed by atoms with E-state index in [0.29, 0.717) is 19.0 Å². The number of aromatic nitrogens is 1. The highest BCUT2D eigenvalue weighted by Gasteiger charge is 2.15. The van der Waals surface area contributed by atoms with Crippen LogP contribution < -0.4 is 10.1 Å². The number of methoxy groups -OCH3 is 1. The van der Waals surface area contributed by atoms with Gasteiger partial charge in [-0.25, -0.2) is 0 Å².